The van der Waals surface area contributed by atoms with Crippen molar-refractivity contribution in [3.63, 3.8) is 0 Å². The molecule has 3 aromatic heterocycles. The number of pyridine rings is 1. The summed E-state index contributed by atoms with van der Waals surface area (Å²) in [6.07, 6.45) is -0.350. The summed E-state index contributed by atoms with van der Waals surface area (Å²) in [5, 5.41) is 11.2. The molecule has 0 aliphatic rings. The van der Waals surface area contributed by atoms with Crippen LogP contribution in [0.4, 0.5) is 29.5 Å². The summed E-state index contributed by atoms with van der Waals surface area (Å²) in [7, 11) is 0. The molecule has 0 unspecified atom stereocenters. The van der Waals surface area contributed by atoms with Crippen LogP contribution in [0.5, 0.6) is 0 Å². The van der Waals surface area contributed by atoms with E-state index in [1.807, 2.05) is 19.1 Å². The van der Waals surface area contributed by atoms with Crippen molar-refractivity contribution in [2.24, 2.45) is 0 Å². The number of alkyl halides is 3. The first-order chi connectivity index (χ1) is 16.7. The molecule has 4 aromatic rings. The lowest BCUT2D eigenvalue weighted by molar-refractivity contribution is -0.137. The zero-order valence-electron chi connectivity index (χ0n) is 18.3. The second-order valence-corrected chi connectivity index (χ2v) is 8.08. The first-order valence-corrected chi connectivity index (χ1v) is 10.7. The molecule has 0 atom stereocenters. The van der Waals surface area contributed by atoms with Gasteiger partial charge in [-0.2, -0.15) is 18.3 Å². The van der Waals surface area contributed by atoms with Gasteiger partial charge in [-0.15, -0.1) is 0 Å². The van der Waals surface area contributed by atoms with Crippen LogP contribution in [0.3, 0.4) is 0 Å². The number of anilines is 2. The Morgan fingerprint density at radius 1 is 1.06 bits per heavy atom. The number of aromatic nitrogens is 5. The third-order valence-electron chi connectivity index (χ3n) is 4.84. The van der Waals surface area contributed by atoms with Gasteiger partial charge >= 0.3 is 12.2 Å². The van der Waals surface area contributed by atoms with Gasteiger partial charge in [-0.05, 0) is 48.9 Å². The summed E-state index contributed by atoms with van der Waals surface area (Å²) in [5.41, 5.74) is 2.36. The standard InChI is InChI=1S/C23H19ClF3N7O/c1-13-8-17(10-16-6-7-29-34-16)31-21(30-13)9-14-2-5-20(28-12-14)33-22(35)32-15-3-4-19(24)18(11-15)23(25,26)27/h2-8,11-12H,9-10H2,1H3,(H,29,34)(H2,28,32,33,35). The SMILES string of the molecule is Cc1cc(Cc2ccn[nH]2)nc(Cc2ccc(NC(=O)Nc3ccc(Cl)c(C(F)(F)F)c3)nc2)n1. The monoisotopic (exact) mass is 501 g/mol. The number of nitrogens with zero attached hydrogens (tertiary/aromatic N) is 4. The van der Waals surface area contributed by atoms with Gasteiger partial charge in [0.1, 0.15) is 11.6 Å². The number of halogens is 4. The van der Waals surface area contributed by atoms with E-state index >= 15 is 0 Å². The maximum Gasteiger partial charge on any atom is 0.417 e. The number of aryl methyl sites for hydroxylation is 1. The summed E-state index contributed by atoms with van der Waals surface area (Å²) in [6, 6.07) is 9.49. The number of carbonyl (C=O) groups excluding carboxylic acids is 1. The molecule has 8 nitrogen and oxygen atoms in total. The Morgan fingerprint density at radius 3 is 2.57 bits per heavy atom. The van der Waals surface area contributed by atoms with Gasteiger partial charge in [0.15, 0.2) is 0 Å². The Labute approximate surface area is 203 Å². The molecular formula is C23H19ClF3N7O. The molecule has 0 saturated heterocycles. The highest BCUT2D eigenvalue weighted by atomic mass is 35.5. The first kappa shape index (κ1) is 24.1. The van der Waals surface area contributed by atoms with Crippen LogP contribution >= 0.6 is 11.6 Å². The van der Waals surface area contributed by atoms with Crippen LogP contribution in [0.1, 0.15) is 34.0 Å². The largest absolute Gasteiger partial charge is 0.417 e. The zero-order valence-corrected chi connectivity index (χ0v) is 19.1. The summed E-state index contributed by atoms with van der Waals surface area (Å²) in [4.78, 5) is 25.5. The second kappa shape index (κ2) is 10.1. The minimum absolute atomic E-state index is 0.0571. The lowest BCUT2D eigenvalue weighted by Crippen LogP contribution is -2.20. The Hall–Kier alpha value is -3.99. The predicted octanol–water partition coefficient (Wildman–Crippen LogP) is 5.40. The Kier molecular flexibility index (Phi) is 6.97. The van der Waals surface area contributed by atoms with Crippen LogP contribution in [0, 0.1) is 6.92 Å². The molecule has 35 heavy (non-hydrogen) atoms. The maximum absolute atomic E-state index is 13.0. The van der Waals surface area contributed by atoms with Crippen molar-refractivity contribution in [2.45, 2.75) is 25.9 Å². The van der Waals surface area contributed by atoms with Crippen molar-refractivity contribution >= 4 is 29.1 Å². The molecule has 0 aliphatic carbocycles. The first-order valence-electron chi connectivity index (χ1n) is 10.4. The molecule has 3 N–H and O–H groups in total. The van der Waals surface area contributed by atoms with E-state index in [-0.39, 0.29) is 11.5 Å². The number of hydrogen-bond donors (Lipinski definition) is 3. The van der Waals surface area contributed by atoms with E-state index in [1.165, 1.54) is 6.07 Å². The zero-order chi connectivity index (χ0) is 25.0. The molecule has 12 heteroatoms. The van der Waals surface area contributed by atoms with Crippen LogP contribution in [0.2, 0.25) is 5.02 Å². The lowest BCUT2D eigenvalue weighted by Gasteiger charge is -2.12. The van der Waals surface area contributed by atoms with Gasteiger partial charge in [0, 0.05) is 42.3 Å². The number of H-pyrrole nitrogens is 1. The number of amides is 2. The van der Waals surface area contributed by atoms with Crippen LogP contribution < -0.4 is 10.6 Å². The fourth-order valence-electron chi connectivity index (χ4n) is 3.33. The van der Waals surface area contributed by atoms with E-state index in [4.69, 9.17) is 11.6 Å². The van der Waals surface area contributed by atoms with Crippen molar-refractivity contribution in [1.82, 2.24) is 25.1 Å². The maximum atomic E-state index is 13.0. The minimum atomic E-state index is -4.64. The summed E-state index contributed by atoms with van der Waals surface area (Å²) in [6.45, 7) is 1.89. The normalized spacial score (nSPS) is 11.3. The van der Waals surface area contributed by atoms with E-state index in [0.29, 0.717) is 18.7 Å². The summed E-state index contributed by atoms with van der Waals surface area (Å²) >= 11 is 5.60. The van der Waals surface area contributed by atoms with Crippen molar-refractivity contribution in [2.75, 3.05) is 10.6 Å². The van der Waals surface area contributed by atoms with E-state index in [0.717, 1.165) is 34.8 Å². The molecule has 1 aromatic carbocycles. The van der Waals surface area contributed by atoms with E-state index in [1.54, 1.807) is 24.5 Å². The molecule has 0 aliphatic heterocycles. The van der Waals surface area contributed by atoms with E-state index in [2.05, 4.69) is 35.8 Å². The highest BCUT2D eigenvalue weighted by Crippen LogP contribution is 2.36. The number of benzene rings is 1. The molecule has 0 spiro atoms. The van der Waals surface area contributed by atoms with Crippen molar-refractivity contribution < 1.29 is 18.0 Å². The van der Waals surface area contributed by atoms with E-state index in [9.17, 15) is 18.0 Å². The summed E-state index contributed by atoms with van der Waals surface area (Å²) < 4.78 is 39.0. The average molecular weight is 502 g/mol. The number of aromatic amines is 1. The topological polar surface area (TPSA) is 108 Å². The molecule has 0 fully saturated rings. The lowest BCUT2D eigenvalue weighted by atomic mass is 10.1. The van der Waals surface area contributed by atoms with Crippen molar-refractivity contribution in [3.05, 3.63) is 93.9 Å². The van der Waals surface area contributed by atoms with Crippen LogP contribution in [-0.4, -0.2) is 31.2 Å². The number of urea groups is 1. The Morgan fingerprint density at radius 2 is 1.89 bits per heavy atom. The number of carbonyl (C=O) groups is 1. The Balaban J connectivity index is 1.38. The third kappa shape index (κ3) is 6.54. The highest BCUT2D eigenvalue weighted by molar-refractivity contribution is 6.31. The molecular weight excluding hydrogens is 483 g/mol. The fraction of sp³-hybridized carbons (Fsp3) is 0.174. The molecule has 0 radical (unpaired) electrons. The number of nitrogens with one attached hydrogen (secondary N) is 3. The van der Waals surface area contributed by atoms with Gasteiger partial charge in [-0.3, -0.25) is 10.4 Å². The average Bonchev–Trinajstić information content (AvgIpc) is 3.28. The number of rotatable bonds is 6. The van der Waals surface area contributed by atoms with Crippen LogP contribution in [0.15, 0.2) is 54.9 Å². The molecule has 3 heterocycles. The van der Waals surface area contributed by atoms with Crippen molar-refractivity contribution in [1.29, 1.82) is 0 Å². The summed E-state index contributed by atoms with van der Waals surface area (Å²) in [5.74, 6) is 0.851. The second-order valence-electron chi connectivity index (χ2n) is 7.68. The predicted molar refractivity (Wildman–Crippen MR) is 124 cm³/mol. The molecule has 180 valence electrons. The quantitative estimate of drug-likeness (QED) is 0.328. The Bertz CT molecular complexity index is 1330. The van der Waals surface area contributed by atoms with Gasteiger partial charge in [0.05, 0.1) is 16.3 Å². The van der Waals surface area contributed by atoms with Crippen LogP contribution in [0.25, 0.3) is 0 Å². The van der Waals surface area contributed by atoms with Crippen molar-refractivity contribution in [3.8, 4) is 0 Å². The highest BCUT2D eigenvalue weighted by Gasteiger charge is 2.33. The van der Waals surface area contributed by atoms with E-state index < -0.39 is 22.8 Å². The van der Waals surface area contributed by atoms with Gasteiger partial charge in [-0.1, -0.05) is 17.7 Å². The molecule has 4 rings (SSSR count). The van der Waals surface area contributed by atoms with Gasteiger partial charge in [0.25, 0.3) is 0 Å². The van der Waals surface area contributed by atoms with Crippen LogP contribution in [-0.2, 0) is 19.0 Å². The third-order valence-corrected chi connectivity index (χ3v) is 5.17. The fourth-order valence-corrected chi connectivity index (χ4v) is 3.56. The van der Waals surface area contributed by atoms with Gasteiger partial charge < -0.3 is 5.32 Å². The minimum Gasteiger partial charge on any atom is -0.308 e. The smallest absolute Gasteiger partial charge is 0.308 e. The number of hydrogen-bond acceptors (Lipinski definition) is 5. The molecule has 0 saturated carbocycles. The molecule has 2 amide bonds. The van der Waals surface area contributed by atoms with Gasteiger partial charge in [0.2, 0.25) is 0 Å². The molecule has 0 bridgehead atoms. The van der Waals surface area contributed by atoms with Gasteiger partial charge in [-0.25, -0.2) is 19.7 Å².